The van der Waals surface area contributed by atoms with E-state index >= 15 is 0 Å². The number of rotatable bonds is 3. The molecule has 0 bridgehead atoms. The van der Waals surface area contributed by atoms with Crippen LogP contribution in [0.25, 0.3) is 0 Å². The van der Waals surface area contributed by atoms with Gasteiger partial charge in [0.25, 0.3) is 5.91 Å². The minimum Gasteiger partial charge on any atom is -0.465 e. The molecule has 3 aliphatic rings. The lowest BCUT2D eigenvalue weighted by molar-refractivity contribution is -0.0776. The maximum absolute atomic E-state index is 13.2. The van der Waals surface area contributed by atoms with E-state index in [-0.39, 0.29) is 17.7 Å². The fourth-order valence-corrected chi connectivity index (χ4v) is 4.72. The number of carbonyl (C=O) groups is 2. The highest BCUT2D eigenvalue weighted by molar-refractivity contribution is 6.10. The van der Waals surface area contributed by atoms with Crippen molar-refractivity contribution in [3.8, 4) is 0 Å². The molecule has 2 fully saturated rings. The molecule has 1 amide bonds. The summed E-state index contributed by atoms with van der Waals surface area (Å²) in [7, 11) is 0. The van der Waals surface area contributed by atoms with E-state index in [1.165, 1.54) is 0 Å². The molecule has 2 atom stereocenters. The summed E-state index contributed by atoms with van der Waals surface area (Å²) in [6.45, 7) is 7.70. The summed E-state index contributed by atoms with van der Waals surface area (Å²) >= 11 is 0. The molecule has 1 aromatic heterocycles. The molecule has 4 rings (SSSR count). The second-order valence-electron chi connectivity index (χ2n) is 7.73. The fraction of sp³-hybridized carbons (Fsp3) is 0.700. The normalized spacial score (nSPS) is 26.5. The largest absolute Gasteiger partial charge is 0.465 e. The Balaban J connectivity index is 1.54. The maximum Gasteiger partial charge on any atom is 0.258 e. The summed E-state index contributed by atoms with van der Waals surface area (Å²) in [6.07, 6.45) is 4.34. The summed E-state index contributed by atoms with van der Waals surface area (Å²) in [6, 6.07) is 0.706. The lowest BCUT2D eigenvalue weighted by Gasteiger charge is -2.48. The summed E-state index contributed by atoms with van der Waals surface area (Å²) in [4.78, 5) is 30.0. The first-order valence-electron chi connectivity index (χ1n) is 9.88. The lowest BCUT2D eigenvalue weighted by atomic mass is 9.92. The Bertz CT molecular complexity index is 709. The number of aryl methyl sites for hydroxylation is 2. The molecule has 26 heavy (non-hydrogen) atoms. The van der Waals surface area contributed by atoms with Crippen molar-refractivity contribution in [1.82, 2.24) is 9.80 Å². The number of morpholine rings is 1. The number of carbonyl (C=O) groups excluding carboxylic acids is 2. The van der Waals surface area contributed by atoms with Gasteiger partial charge < -0.3 is 14.1 Å². The highest BCUT2D eigenvalue weighted by Crippen LogP contribution is 2.31. The smallest absolute Gasteiger partial charge is 0.258 e. The van der Waals surface area contributed by atoms with Crippen LogP contribution in [-0.2, 0) is 11.2 Å². The summed E-state index contributed by atoms with van der Waals surface area (Å²) < 4.78 is 11.6. The molecule has 0 spiro atoms. The Morgan fingerprint density at radius 3 is 2.88 bits per heavy atom. The van der Waals surface area contributed by atoms with E-state index in [4.69, 9.17) is 9.15 Å². The van der Waals surface area contributed by atoms with Gasteiger partial charge >= 0.3 is 0 Å². The van der Waals surface area contributed by atoms with E-state index in [2.05, 4.69) is 11.8 Å². The van der Waals surface area contributed by atoms with Gasteiger partial charge in [0.2, 0.25) is 0 Å². The molecule has 1 aliphatic carbocycles. The van der Waals surface area contributed by atoms with Gasteiger partial charge in [-0.15, -0.1) is 0 Å². The Morgan fingerprint density at radius 2 is 2.08 bits per heavy atom. The number of amides is 1. The van der Waals surface area contributed by atoms with E-state index in [9.17, 15) is 9.59 Å². The topological polar surface area (TPSA) is 63.0 Å². The van der Waals surface area contributed by atoms with Crippen molar-refractivity contribution in [3.63, 3.8) is 0 Å². The van der Waals surface area contributed by atoms with Crippen molar-refractivity contribution in [1.29, 1.82) is 0 Å². The average molecular weight is 360 g/mol. The highest BCUT2D eigenvalue weighted by Gasteiger charge is 2.39. The predicted molar refractivity (Wildman–Crippen MR) is 96.6 cm³/mol. The van der Waals surface area contributed by atoms with Crippen molar-refractivity contribution in [3.05, 3.63) is 22.6 Å². The van der Waals surface area contributed by atoms with Crippen molar-refractivity contribution < 1.29 is 18.7 Å². The molecule has 6 heteroatoms. The number of furan rings is 1. The molecule has 2 aliphatic heterocycles. The molecule has 3 heterocycles. The van der Waals surface area contributed by atoms with Crippen LogP contribution in [0.2, 0.25) is 0 Å². The molecule has 142 valence electrons. The Kier molecular flexibility index (Phi) is 4.88. The van der Waals surface area contributed by atoms with Gasteiger partial charge in [-0.3, -0.25) is 14.5 Å². The van der Waals surface area contributed by atoms with Crippen molar-refractivity contribution >= 4 is 11.7 Å². The van der Waals surface area contributed by atoms with Gasteiger partial charge in [-0.05, 0) is 19.8 Å². The SMILES string of the molecule is CCCC1COCC2CN(C(=O)c3c(C)oc4c3C(=O)CCC4)CCN12. The first-order valence-corrected chi connectivity index (χ1v) is 9.88. The van der Waals surface area contributed by atoms with Gasteiger partial charge in [-0.2, -0.15) is 0 Å². The molecule has 1 aromatic rings. The molecule has 2 unspecified atom stereocenters. The number of hydrogen-bond donors (Lipinski definition) is 0. The second-order valence-corrected chi connectivity index (χ2v) is 7.73. The zero-order chi connectivity index (χ0) is 18.3. The van der Waals surface area contributed by atoms with Crippen LogP contribution >= 0.6 is 0 Å². The van der Waals surface area contributed by atoms with Gasteiger partial charge in [0, 0.05) is 38.5 Å². The number of ketones is 1. The third-order valence-corrected chi connectivity index (χ3v) is 5.98. The van der Waals surface area contributed by atoms with Crippen LogP contribution in [0.1, 0.15) is 64.8 Å². The molecule has 0 radical (unpaired) electrons. The number of ether oxygens (including phenoxy) is 1. The van der Waals surface area contributed by atoms with Gasteiger partial charge in [0.05, 0.1) is 30.4 Å². The van der Waals surface area contributed by atoms with Gasteiger partial charge in [-0.1, -0.05) is 13.3 Å². The van der Waals surface area contributed by atoms with Crippen LogP contribution in [0.15, 0.2) is 4.42 Å². The highest BCUT2D eigenvalue weighted by atomic mass is 16.5. The van der Waals surface area contributed by atoms with E-state index in [1.807, 2.05) is 4.90 Å². The zero-order valence-electron chi connectivity index (χ0n) is 15.8. The molecule has 0 saturated carbocycles. The third-order valence-electron chi connectivity index (χ3n) is 5.98. The van der Waals surface area contributed by atoms with Crippen molar-refractivity contribution in [2.45, 2.75) is 58.0 Å². The monoisotopic (exact) mass is 360 g/mol. The Labute approximate surface area is 154 Å². The summed E-state index contributed by atoms with van der Waals surface area (Å²) in [5.74, 6) is 1.28. The van der Waals surface area contributed by atoms with E-state index in [0.717, 1.165) is 38.8 Å². The van der Waals surface area contributed by atoms with Crippen LogP contribution in [0.5, 0.6) is 0 Å². The number of nitrogens with zero attached hydrogens (tertiary/aromatic N) is 2. The molecule has 2 saturated heterocycles. The Hall–Kier alpha value is -1.66. The van der Waals surface area contributed by atoms with E-state index in [1.54, 1.807) is 6.92 Å². The predicted octanol–water partition coefficient (Wildman–Crippen LogP) is 2.43. The van der Waals surface area contributed by atoms with Gasteiger partial charge in [-0.25, -0.2) is 0 Å². The maximum atomic E-state index is 13.2. The zero-order valence-corrected chi connectivity index (χ0v) is 15.8. The van der Waals surface area contributed by atoms with Crippen LogP contribution in [0.3, 0.4) is 0 Å². The van der Waals surface area contributed by atoms with Crippen LogP contribution < -0.4 is 0 Å². The summed E-state index contributed by atoms with van der Waals surface area (Å²) in [5.41, 5.74) is 1.05. The first kappa shape index (κ1) is 17.7. The minimum atomic E-state index is -0.0555. The first-order chi connectivity index (χ1) is 12.6. The minimum absolute atomic E-state index is 0.0501. The molecule has 0 aromatic carbocycles. The van der Waals surface area contributed by atoms with Crippen molar-refractivity contribution in [2.75, 3.05) is 32.8 Å². The number of fused-ring (bicyclic) bond motifs is 2. The number of piperazine rings is 1. The number of Topliss-reactive ketones (excluding diaryl/α,β-unsaturated/α-hetero) is 1. The average Bonchev–Trinajstić information content (AvgIpc) is 2.98. The van der Waals surface area contributed by atoms with Crippen LogP contribution in [-0.4, -0.2) is 66.4 Å². The summed E-state index contributed by atoms with van der Waals surface area (Å²) in [5, 5.41) is 0. The number of hydrogen-bond acceptors (Lipinski definition) is 5. The van der Waals surface area contributed by atoms with Crippen LogP contribution in [0, 0.1) is 6.92 Å². The van der Waals surface area contributed by atoms with Crippen molar-refractivity contribution in [2.24, 2.45) is 0 Å². The fourth-order valence-electron chi connectivity index (χ4n) is 4.72. The standard InChI is InChI=1S/C20H28N2O4/c1-3-5-14-11-25-12-15-10-21(8-9-22(14)15)20(24)18-13(2)26-17-7-4-6-16(23)19(17)18/h14-15H,3-12H2,1-2H3. The molecule has 6 nitrogen and oxygen atoms in total. The molecule has 0 N–H and O–H groups in total. The Morgan fingerprint density at radius 1 is 1.23 bits per heavy atom. The van der Waals surface area contributed by atoms with Crippen LogP contribution in [0.4, 0.5) is 0 Å². The molecular formula is C20H28N2O4. The quantitative estimate of drug-likeness (QED) is 0.828. The lowest BCUT2D eigenvalue weighted by Crippen LogP contribution is -2.62. The van der Waals surface area contributed by atoms with E-state index in [0.29, 0.717) is 54.8 Å². The van der Waals surface area contributed by atoms with Gasteiger partial charge in [0.1, 0.15) is 11.5 Å². The van der Waals surface area contributed by atoms with Gasteiger partial charge in [0.15, 0.2) is 5.78 Å². The third kappa shape index (κ3) is 2.99. The second kappa shape index (κ2) is 7.16. The molecular weight excluding hydrogens is 332 g/mol. The van der Waals surface area contributed by atoms with E-state index < -0.39 is 0 Å².